The van der Waals surface area contributed by atoms with Crippen molar-refractivity contribution < 1.29 is 9.21 Å². The van der Waals surface area contributed by atoms with E-state index in [0.717, 1.165) is 27.7 Å². The first kappa shape index (κ1) is 17.5. The molecule has 0 spiro atoms. The van der Waals surface area contributed by atoms with Gasteiger partial charge in [-0.15, -0.1) is 0 Å². The number of hydrogen-bond acceptors (Lipinski definition) is 4. The average molecular weight is 425 g/mol. The molecule has 0 saturated heterocycles. The molecule has 0 aliphatic carbocycles. The van der Waals surface area contributed by atoms with Gasteiger partial charge in [-0.2, -0.15) is 9.78 Å². The van der Waals surface area contributed by atoms with Gasteiger partial charge in [-0.3, -0.25) is 4.79 Å². The second kappa shape index (κ2) is 6.66. The van der Waals surface area contributed by atoms with Gasteiger partial charge in [0.1, 0.15) is 5.82 Å². The molecule has 3 heterocycles. The fourth-order valence-electron chi connectivity index (χ4n) is 3.03. The summed E-state index contributed by atoms with van der Waals surface area (Å²) in [7, 11) is 0. The highest BCUT2D eigenvalue weighted by Gasteiger charge is 2.17. The lowest BCUT2D eigenvalue weighted by Crippen LogP contribution is -2.15. The molecule has 0 saturated carbocycles. The van der Waals surface area contributed by atoms with Crippen LogP contribution in [0.25, 0.3) is 16.7 Å². The van der Waals surface area contributed by atoms with Gasteiger partial charge in [0.25, 0.3) is 5.91 Å². The standard InChI is InChI=1S/C20H17BrN4O2/c1-11-5-4-6-14-12(2)9-17(22-19(11)14)25-18(10-13(3)24-25)23-20(26)15-7-8-16(21)27-15/h4-10H,1-3H3,(H,23,26). The molecule has 1 aromatic carbocycles. The molecule has 27 heavy (non-hydrogen) atoms. The monoisotopic (exact) mass is 424 g/mol. The lowest BCUT2D eigenvalue weighted by atomic mass is 10.1. The van der Waals surface area contributed by atoms with Gasteiger partial charge in [-0.25, -0.2) is 4.98 Å². The number of pyridine rings is 1. The molecule has 4 rings (SSSR count). The zero-order valence-corrected chi connectivity index (χ0v) is 16.7. The van der Waals surface area contributed by atoms with Crippen LogP contribution < -0.4 is 5.32 Å². The average Bonchev–Trinajstić information content (AvgIpc) is 3.21. The van der Waals surface area contributed by atoms with Crippen molar-refractivity contribution in [3.63, 3.8) is 0 Å². The summed E-state index contributed by atoms with van der Waals surface area (Å²) in [5.41, 5.74) is 3.88. The van der Waals surface area contributed by atoms with Crippen LogP contribution in [-0.4, -0.2) is 20.7 Å². The summed E-state index contributed by atoms with van der Waals surface area (Å²) < 4.78 is 7.46. The number of para-hydroxylation sites is 1. The Hall–Kier alpha value is -2.93. The zero-order chi connectivity index (χ0) is 19.1. The molecule has 4 aromatic rings. The number of carbonyl (C=O) groups is 1. The van der Waals surface area contributed by atoms with E-state index in [1.807, 2.05) is 39.0 Å². The normalized spacial score (nSPS) is 11.1. The Balaban J connectivity index is 1.78. The number of fused-ring (bicyclic) bond motifs is 1. The van der Waals surface area contributed by atoms with Crippen molar-refractivity contribution in [3.8, 4) is 5.82 Å². The number of aromatic nitrogens is 3. The van der Waals surface area contributed by atoms with E-state index in [1.165, 1.54) is 0 Å². The van der Waals surface area contributed by atoms with Crippen LogP contribution in [0.5, 0.6) is 0 Å². The van der Waals surface area contributed by atoms with Crippen LogP contribution in [0, 0.1) is 20.8 Å². The maximum Gasteiger partial charge on any atom is 0.292 e. The Morgan fingerprint density at radius 1 is 1.11 bits per heavy atom. The molecule has 0 fully saturated rings. The molecule has 1 amide bonds. The number of halogens is 1. The second-order valence-electron chi connectivity index (χ2n) is 6.41. The minimum atomic E-state index is -0.351. The molecule has 0 aliphatic rings. The molecule has 0 aliphatic heterocycles. The largest absolute Gasteiger partial charge is 0.444 e. The first-order valence-corrected chi connectivity index (χ1v) is 9.22. The molecule has 7 heteroatoms. The predicted octanol–water partition coefficient (Wildman–Crippen LogP) is 4.95. The van der Waals surface area contributed by atoms with Crippen LogP contribution in [-0.2, 0) is 0 Å². The Morgan fingerprint density at radius 3 is 2.67 bits per heavy atom. The first-order chi connectivity index (χ1) is 12.9. The van der Waals surface area contributed by atoms with Crippen molar-refractivity contribution in [2.45, 2.75) is 20.8 Å². The van der Waals surface area contributed by atoms with E-state index in [4.69, 9.17) is 9.40 Å². The fourth-order valence-corrected chi connectivity index (χ4v) is 3.34. The number of amides is 1. The van der Waals surface area contributed by atoms with Gasteiger partial charge < -0.3 is 9.73 Å². The number of anilines is 1. The summed E-state index contributed by atoms with van der Waals surface area (Å²) >= 11 is 3.20. The van der Waals surface area contributed by atoms with Gasteiger partial charge in [0.2, 0.25) is 0 Å². The molecule has 1 N–H and O–H groups in total. The molecule has 6 nitrogen and oxygen atoms in total. The van der Waals surface area contributed by atoms with Crippen LogP contribution in [0.1, 0.15) is 27.4 Å². The number of rotatable bonds is 3. The number of benzene rings is 1. The zero-order valence-electron chi connectivity index (χ0n) is 15.1. The Morgan fingerprint density at radius 2 is 1.93 bits per heavy atom. The Kier molecular flexibility index (Phi) is 4.31. The molecule has 0 radical (unpaired) electrons. The first-order valence-electron chi connectivity index (χ1n) is 8.43. The van der Waals surface area contributed by atoms with E-state index in [1.54, 1.807) is 22.9 Å². The molecule has 136 valence electrons. The molecule has 0 unspecified atom stereocenters. The van der Waals surface area contributed by atoms with Gasteiger partial charge >= 0.3 is 0 Å². The number of carbonyl (C=O) groups excluding carboxylic acids is 1. The quantitative estimate of drug-likeness (QED) is 0.504. The van der Waals surface area contributed by atoms with E-state index >= 15 is 0 Å². The van der Waals surface area contributed by atoms with Gasteiger partial charge in [-0.1, -0.05) is 18.2 Å². The summed E-state index contributed by atoms with van der Waals surface area (Å²) in [5.74, 6) is 1.05. The topological polar surface area (TPSA) is 73.0 Å². The maximum atomic E-state index is 12.5. The van der Waals surface area contributed by atoms with E-state index in [0.29, 0.717) is 16.3 Å². The lowest BCUT2D eigenvalue weighted by molar-refractivity contribution is 0.0994. The highest BCUT2D eigenvalue weighted by Crippen LogP contribution is 2.25. The number of aryl methyl sites for hydroxylation is 3. The number of nitrogens with one attached hydrogen (secondary N) is 1. The maximum absolute atomic E-state index is 12.5. The molecule has 0 bridgehead atoms. The molecular formula is C20H17BrN4O2. The third-order valence-corrected chi connectivity index (χ3v) is 4.75. The minimum absolute atomic E-state index is 0.214. The Bertz CT molecular complexity index is 1180. The van der Waals surface area contributed by atoms with Crippen LogP contribution >= 0.6 is 15.9 Å². The second-order valence-corrected chi connectivity index (χ2v) is 7.19. The van der Waals surface area contributed by atoms with Crippen molar-refractivity contribution in [1.82, 2.24) is 14.8 Å². The molecule has 0 atom stereocenters. The van der Waals surface area contributed by atoms with Crippen LogP contribution in [0.15, 0.2) is 51.6 Å². The van der Waals surface area contributed by atoms with Crippen LogP contribution in [0.2, 0.25) is 0 Å². The molecular weight excluding hydrogens is 408 g/mol. The summed E-state index contributed by atoms with van der Waals surface area (Å²) in [6.07, 6.45) is 0. The number of nitrogens with zero attached hydrogens (tertiary/aromatic N) is 3. The summed E-state index contributed by atoms with van der Waals surface area (Å²) in [5, 5.41) is 8.46. The van der Waals surface area contributed by atoms with Crippen LogP contribution in [0.4, 0.5) is 5.82 Å². The van der Waals surface area contributed by atoms with Crippen molar-refractivity contribution in [2.75, 3.05) is 5.32 Å². The summed E-state index contributed by atoms with van der Waals surface area (Å²) in [6.45, 7) is 5.95. The Labute approximate surface area is 164 Å². The van der Waals surface area contributed by atoms with Crippen molar-refractivity contribution in [2.24, 2.45) is 0 Å². The third-order valence-electron chi connectivity index (χ3n) is 4.32. The van der Waals surface area contributed by atoms with E-state index in [-0.39, 0.29) is 11.7 Å². The predicted molar refractivity (Wildman–Crippen MR) is 107 cm³/mol. The number of hydrogen-bond donors (Lipinski definition) is 1. The van der Waals surface area contributed by atoms with Gasteiger partial charge in [-0.05, 0) is 66.0 Å². The van der Waals surface area contributed by atoms with Gasteiger partial charge in [0.15, 0.2) is 16.2 Å². The van der Waals surface area contributed by atoms with Gasteiger partial charge in [0.05, 0.1) is 11.2 Å². The van der Waals surface area contributed by atoms with Crippen molar-refractivity contribution in [3.05, 3.63) is 69.7 Å². The minimum Gasteiger partial charge on any atom is -0.444 e. The van der Waals surface area contributed by atoms with Crippen molar-refractivity contribution >= 4 is 38.6 Å². The van der Waals surface area contributed by atoms with Crippen molar-refractivity contribution in [1.29, 1.82) is 0 Å². The van der Waals surface area contributed by atoms with Gasteiger partial charge in [0, 0.05) is 11.5 Å². The third kappa shape index (κ3) is 3.26. The SMILES string of the molecule is Cc1cc(NC(=O)c2ccc(Br)o2)n(-c2cc(C)c3cccc(C)c3n2)n1. The van der Waals surface area contributed by atoms with Crippen LogP contribution in [0.3, 0.4) is 0 Å². The van der Waals surface area contributed by atoms with E-state index in [2.05, 4.69) is 32.4 Å². The smallest absolute Gasteiger partial charge is 0.292 e. The highest BCUT2D eigenvalue weighted by atomic mass is 79.9. The van der Waals surface area contributed by atoms with E-state index < -0.39 is 0 Å². The van der Waals surface area contributed by atoms with E-state index in [9.17, 15) is 4.79 Å². The highest BCUT2D eigenvalue weighted by molar-refractivity contribution is 9.10. The number of furan rings is 1. The summed E-state index contributed by atoms with van der Waals surface area (Å²) in [6, 6.07) is 13.2. The molecule has 3 aromatic heterocycles. The fraction of sp³-hybridized carbons (Fsp3) is 0.150. The summed E-state index contributed by atoms with van der Waals surface area (Å²) in [4.78, 5) is 17.2. The lowest BCUT2D eigenvalue weighted by Gasteiger charge is -2.11.